The summed E-state index contributed by atoms with van der Waals surface area (Å²) in [6, 6.07) is -0.300. The van der Waals surface area contributed by atoms with Crippen molar-refractivity contribution in [3.63, 3.8) is 0 Å². The van der Waals surface area contributed by atoms with Crippen molar-refractivity contribution in [2.24, 2.45) is 13.0 Å². The van der Waals surface area contributed by atoms with Gasteiger partial charge < -0.3 is 4.57 Å². The Hall–Kier alpha value is -1.74. The molecule has 2 heterocycles. The van der Waals surface area contributed by atoms with Crippen LogP contribution in [-0.4, -0.2) is 39.0 Å². The predicted octanol–water partition coefficient (Wildman–Crippen LogP) is 1.14. The zero-order valence-electron chi connectivity index (χ0n) is 14.1. The Morgan fingerprint density at radius 1 is 1.26 bits per heavy atom. The molecule has 0 aliphatic rings. The molecule has 2 rings (SSSR count). The number of hydrogen-bond donors (Lipinski definition) is 1. The van der Waals surface area contributed by atoms with Crippen LogP contribution in [0.1, 0.15) is 39.4 Å². The summed E-state index contributed by atoms with van der Waals surface area (Å²) in [4.78, 5) is 4.27. The molecule has 0 radical (unpaired) electrons. The van der Waals surface area contributed by atoms with Crippen LogP contribution < -0.4 is 4.72 Å². The maximum atomic E-state index is 12.6. The van der Waals surface area contributed by atoms with Crippen molar-refractivity contribution in [2.75, 3.05) is 0 Å². The van der Waals surface area contributed by atoms with Crippen LogP contribution in [0, 0.1) is 5.92 Å². The fourth-order valence-electron chi connectivity index (χ4n) is 2.29. The third-order valence-corrected chi connectivity index (χ3v) is 5.01. The van der Waals surface area contributed by atoms with E-state index in [1.807, 2.05) is 27.7 Å². The Balaban J connectivity index is 2.22. The first-order valence-electron chi connectivity index (χ1n) is 7.60. The van der Waals surface area contributed by atoms with Crippen molar-refractivity contribution in [1.82, 2.24) is 29.3 Å². The van der Waals surface area contributed by atoms with E-state index >= 15 is 0 Å². The highest BCUT2D eigenvalue weighted by atomic mass is 32.2. The van der Waals surface area contributed by atoms with Crippen LogP contribution in [0.3, 0.4) is 0 Å². The van der Waals surface area contributed by atoms with Crippen molar-refractivity contribution >= 4 is 10.0 Å². The van der Waals surface area contributed by atoms with Crippen molar-refractivity contribution in [3.8, 4) is 0 Å². The van der Waals surface area contributed by atoms with Gasteiger partial charge in [-0.2, -0.15) is 0 Å². The van der Waals surface area contributed by atoms with Crippen LogP contribution in [0.25, 0.3) is 0 Å². The third kappa shape index (κ3) is 4.17. The lowest BCUT2D eigenvalue weighted by Gasteiger charge is -2.21. The second-order valence-corrected chi connectivity index (χ2v) is 7.96. The average molecular weight is 340 g/mol. The first-order chi connectivity index (χ1) is 10.7. The van der Waals surface area contributed by atoms with Crippen LogP contribution in [0.2, 0.25) is 0 Å². The van der Waals surface area contributed by atoms with Crippen molar-refractivity contribution in [1.29, 1.82) is 0 Å². The minimum absolute atomic E-state index is 0.0490. The molecule has 0 bridgehead atoms. The molecule has 8 nitrogen and oxygen atoms in total. The van der Waals surface area contributed by atoms with E-state index in [0.29, 0.717) is 6.54 Å². The van der Waals surface area contributed by atoms with E-state index in [1.54, 1.807) is 34.9 Å². The highest BCUT2D eigenvalue weighted by Gasteiger charge is 2.26. The van der Waals surface area contributed by atoms with Crippen LogP contribution in [0.15, 0.2) is 23.6 Å². The molecule has 0 aliphatic carbocycles. The quantitative estimate of drug-likeness (QED) is 0.815. The molecule has 2 aromatic heterocycles. The second kappa shape index (κ2) is 6.79. The summed E-state index contributed by atoms with van der Waals surface area (Å²) in [5.41, 5.74) is 0. The molecule has 0 amide bonds. The fourth-order valence-corrected chi connectivity index (χ4v) is 3.67. The zero-order chi connectivity index (χ0) is 17.2. The molecule has 23 heavy (non-hydrogen) atoms. The molecule has 2 aromatic rings. The van der Waals surface area contributed by atoms with E-state index in [9.17, 15) is 8.42 Å². The summed E-state index contributed by atoms with van der Waals surface area (Å²) in [5, 5.41) is 7.69. The fraction of sp³-hybridized carbons (Fsp3) is 0.643. The molecule has 128 valence electrons. The first kappa shape index (κ1) is 17.6. The van der Waals surface area contributed by atoms with Crippen molar-refractivity contribution < 1.29 is 8.42 Å². The number of rotatable bonds is 7. The summed E-state index contributed by atoms with van der Waals surface area (Å²) in [6.07, 6.45) is 4.82. The number of sulfonamides is 1. The number of imidazole rings is 1. The van der Waals surface area contributed by atoms with Gasteiger partial charge in [0.1, 0.15) is 5.82 Å². The van der Waals surface area contributed by atoms with E-state index in [-0.39, 0.29) is 22.9 Å². The van der Waals surface area contributed by atoms with Gasteiger partial charge in [-0.1, -0.05) is 32.9 Å². The van der Waals surface area contributed by atoms with Gasteiger partial charge in [-0.15, -0.1) is 5.10 Å². The first-order valence-corrected chi connectivity index (χ1v) is 9.08. The smallest absolute Gasteiger partial charge is 0.259 e. The molecule has 0 saturated carbocycles. The van der Waals surface area contributed by atoms with Crippen molar-refractivity contribution in [3.05, 3.63) is 24.4 Å². The van der Waals surface area contributed by atoms with Crippen LogP contribution in [0.4, 0.5) is 0 Å². The lowest BCUT2D eigenvalue weighted by Crippen LogP contribution is -2.41. The molecule has 9 heteroatoms. The van der Waals surface area contributed by atoms with Gasteiger partial charge in [0.15, 0.2) is 5.03 Å². The highest BCUT2D eigenvalue weighted by Crippen LogP contribution is 2.17. The van der Waals surface area contributed by atoms with Crippen LogP contribution in [0.5, 0.6) is 0 Å². The maximum absolute atomic E-state index is 12.6. The molecule has 0 aliphatic heterocycles. The van der Waals surface area contributed by atoms with Crippen LogP contribution >= 0.6 is 0 Å². The van der Waals surface area contributed by atoms with E-state index in [2.05, 4.69) is 20.0 Å². The molecule has 0 fully saturated rings. The van der Waals surface area contributed by atoms with Gasteiger partial charge in [0.05, 0.1) is 12.7 Å². The zero-order valence-corrected chi connectivity index (χ0v) is 14.9. The molecular weight excluding hydrogens is 316 g/mol. The Morgan fingerprint density at radius 3 is 2.43 bits per heavy atom. The Kier molecular flexibility index (Phi) is 5.20. The van der Waals surface area contributed by atoms with Gasteiger partial charge in [-0.25, -0.2) is 18.1 Å². The molecule has 0 aromatic carbocycles. The van der Waals surface area contributed by atoms with E-state index in [1.165, 1.54) is 0 Å². The monoisotopic (exact) mass is 340 g/mol. The minimum atomic E-state index is -3.69. The van der Waals surface area contributed by atoms with Gasteiger partial charge in [0.25, 0.3) is 10.0 Å². The lowest BCUT2D eigenvalue weighted by atomic mass is 10.1. The van der Waals surface area contributed by atoms with Gasteiger partial charge in [0, 0.05) is 31.4 Å². The number of aromatic nitrogens is 5. The van der Waals surface area contributed by atoms with Gasteiger partial charge in [-0.3, -0.25) is 4.68 Å². The Morgan fingerprint density at radius 2 is 1.96 bits per heavy atom. The average Bonchev–Trinajstić information content (AvgIpc) is 3.07. The van der Waals surface area contributed by atoms with Crippen molar-refractivity contribution in [2.45, 2.75) is 51.2 Å². The van der Waals surface area contributed by atoms with E-state index in [0.717, 1.165) is 5.82 Å². The molecule has 1 N–H and O–H groups in total. The number of hydrogen-bond acceptors (Lipinski definition) is 5. The standard InChI is InChI=1S/C14H24N6O2S/c1-10(2)12(8-20-7-6-15-18-20)17-23(21,22)13-9-19(5)14(16-13)11(3)4/h6-7,9-12,17H,8H2,1-5H3. The SMILES string of the molecule is CC(C)c1nc(S(=O)(=O)NC(Cn2ccnn2)C(C)C)cn1C. The summed E-state index contributed by atoms with van der Waals surface area (Å²) in [7, 11) is -1.88. The molecule has 1 atom stereocenters. The minimum Gasteiger partial charge on any atom is -0.336 e. The largest absolute Gasteiger partial charge is 0.336 e. The topological polar surface area (TPSA) is 94.7 Å². The number of nitrogens with zero attached hydrogens (tertiary/aromatic N) is 5. The van der Waals surface area contributed by atoms with Crippen LogP contribution in [-0.2, 0) is 23.6 Å². The predicted molar refractivity (Wildman–Crippen MR) is 86.3 cm³/mol. The lowest BCUT2D eigenvalue weighted by molar-refractivity contribution is 0.378. The molecule has 0 saturated heterocycles. The summed E-state index contributed by atoms with van der Waals surface area (Å²) < 4.78 is 31.4. The molecule has 1 unspecified atom stereocenters. The Labute approximate surface area is 137 Å². The number of nitrogens with one attached hydrogen (secondary N) is 1. The van der Waals surface area contributed by atoms with Gasteiger partial charge >= 0.3 is 0 Å². The summed E-state index contributed by atoms with van der Waals surface area (Å²) >= 11 is 0. The van der Waals surface area contributed by atoms with E-state index < -0.39 is 10.0 Å². The Bertz CT molecular complexity index is 733. The molecular formula is C14H24N6O2S. The second-order valence-electron chi connectivity index (χ2n) is 6.30. The normalized spacial score (nSPS) is 13.9. The summed E-state index contributed by atoms with van der Waals surface area (Å²) in [5.74, 6) is 0.991. The maximum Gasteiger partial charge on any atom is 0.259 e. The van der Waals surface area contributed by atoms with Gasteiger partial charge in [0.2, 0.25) is 0 Å². The summed E-state index contributed by atoms with van der Waals surface area (Å²) in [6.45, 7) is 8.30. The third-order valence-electron chi connectivity index (χ3n) is 3.65. The van der Waals surface area contributed by atoms with Gasteiger partial charge in [-0.05, 0) is 5.92 Å². The molecule has 0 spiro atoms. The number of aryl methyl sites for hydroxylation is 1. The highest BCUT2D eigenvalue weighted by molar-refractivity contribution is 7.89. The van der Waals surface area contributed by atoms with E-state index in [4.69, 9.17) is 0 Å².